The van der Waals surface area contributed by atoms with Crippen molar-refractivity contribution < 1.29 is 9.00 Å². The molecule has 2 aromatic carbocycles. The highest BCUT2D eigenvalue weighted by Crippen LogP contribution is 2.25. The molecule has 1 saturated heterocycles. The predicted molar refractivity (Wildman–Crippen MR) is 153 cm³/mol. The molecule has 4 aromatic rings. The Labute approximate surface area is 229 Å². The molecule has 3 heterocycles. The quantitative estimate of drug-likeness (QED) is 0.309. The van der Waals surface area contributed by atoms with Crippen LogP contribution in [0.5, 0.6) is 0 Å². The summed E-state index contributed by atoms with van der Waals surface area (Å²) < 4.78 is 15.1. The van der Waals surface area contributed by atoms with Crippen molar-refractivity contribution in [1.82, 2.24) is 30.0 Å². The first kappa shape index (κ1) is 27.0. The number of aromatic amines is 1. The number of nitrogens with zero attached hydrogens (tertiary/aromatic N) is 5. The summed E-state index contributed by atoms with van der Waals surface area (Å²) in [7, 11) is -1.60. The second-order valence-electron chi connectivity index (χ2n) is 10.2. The van der Waals surface area contributed by atoms with Crippen LogP contribution in [-0.4, -0.2) is 74.1 Å². The van der Waals surface area contributed by atoms with E-state index in [1.54, 1.807) is 10.6 Å². The molecule has 1 atom stereocenters. The van der Waals surface area contributed by atoms with E-state index in [1.807, 2.05) is 44.2 Å². The van der Waals surface area contributed by atoms with Crippen LogP contribution in [0.1, 0.15) is 37.3 Å². The zero-order valence-electron chi connectivity index (χ0n) is 22.7. The number of benzene rings is 2. The number of anilines is 1. The van der Waals surface area contributed by atoms with E-state index in [0.29, 0.717) is 22.3 Å². The maximum Gasteiger partial charge on any atom is 0.281 e. The molecule has 1 unspecified atom stereocenters. The molecule has 1 aliphatic rings. The number of fused-ring (bicyclic) bond motifs is 3. The third kappa shape index (κ3) is 5.74. The minimum absolute atomic E-state index is 0.0767. The van der Waals surface area contributed by atoms with Crippen LogP contribution in [0.4, 0.5) is 5.69 Å². The average Bonchev–Trinajstić information content (AvgIpc) is 3.35. The van der Waals surface area contributed by atoms with Gasteiger partial charge in [-0.2, -0.15) is 4.98 Å². The fraction of sp³-hybridized carbons (Fsp3) is 0.429. The molecule has 5 rings (SSSR count). The van der Waals surface area contributed by atoms with Gasteiger partial charge in [-0.25, -0.2) is 13.9 Å². The highest BCUT2D eigenvalue weighted by Gasteiger charge is 2.22. The lowest BCUT2D eigenvalue weighted by Crippen LogP contribution is -2.49. The number of aromatic nitrogens is 4. The third-order valence-electron chi connectivity index (χ3n) is 7.23. The molecule has 0 aliphatic carbocycles. The smallest absolute Gasteiger partial charge is 0.281 e. The van der Waals surface area contributed by atoms with Crippen LogP contribution in [0.15, 0.2) is 51.1 Å². The van der Waals surface area contributed by atoms with Crippen LogP contribution >= 0.6 is 0 Å². The summed E-state index contributed by atoms with van der Waals surface area (Å²) in [6.45, 7) is 10.3. The Hall–Kier alpha value is -3.57. The lowest BCUT2D eigenvalue weighted by Gasteiger charge is -2.35. The van der Waals surface area contributed by atoms with Gasteiger partial charge in [-0.3, -0.25) is 14.5 Å². The number of H-pyrrole nitrogens is 1. The molecular formula is C28H35N7O3S. The number of rotatable bonds is 9. The molecule has 206 valence electrons. The van der Waals surface area contributed by atoms with E-state index in [0.717, 1.165) is 68.8 Å². The van der Waals surface area contributed by atoms with Gasteiger partial charge in [0.2, 0.25) is 5.91 Å². The maximum absolute atomic E-state index is 13.4. The number of amides is 1. The number of carbonyl (C=O) groups is 1. The molecule has 39 heavy (non-hydrogen) atoms. The van der Waals surface area contributed by atoms with Gasteiger partial charge >= 0.3 is 0 Å². The standard InChI is InChI=1S/C28H35N7O3S/c1-4-5-6-11-29-25(36)18-33-12-14-34(15-13-33)21-8-9-22-23(17-21)35-26(30-27(22)37)28(31-32-35)39(38)24-10-7-19(2)16-20(24)3/h7-10,16-17,32H,4-6,11-15,18H2,1-3H3,(H,29,36). The number of hydrogen-bond acceptors (Lipinski definition) is 7. The molecule has 0 spiro atoms. The molecule has 2 aromatic heterocycles. The fourth-order valence-corrected chi connectivity index (χ4v) is 6.23. The SMILES string of the molecule is CCCCCNC(=O)CN1CCN(c2ccc3c(=O)nc4c(S(=O)c5ccc(C)cc5C)n[nH]n4c3c2)CC1. The van der Waals surface area contributed by atoms with Crippen molar-refractivity contribution in [2.45, 2.75) is 50.0 Å². The van der Waals surface area contributed by atoms with Gasteiger partial charge in [0.15, 0.2) is 10.7 Å². The minimum Gasteiger partial charge on any atom is -0.369 e. The monoisotopic (exact) mass is 549 g/mol. The average molecular weight is 550 g/mol. The normalized spacial score (nSPS) is 15.2. The Bertz CT molecular complexity index is 1590. The van der Waals surface area contributed by atoms with Gasteiger partial charge < -0.3 is 10.2 Å². The summed E-state index contributed by atoms with van der Waals surface area (Å²) in [4.78, 5) is 34.5. The first-order valence-electron chi connectivity index (χ1n) is 13.5. The molecule has 10 nitrogen and oxygen atoms in total. The first-order chi connectivity index (χ1) is 18.9. The van der Waals surface area contributed by atoms with E-state index in [9.17, 15) is 13.8 Å². The summed E-state index contributed by atoms with van der Waals surface area (Å²) in [5.41, 5.74) is 3.46. The number of piperazine rings is 1. The molecule has 1 aliphatic heterocycles. The Balaban J connectivity index is 1.35. The van der Waals surface area contributed by atoms with Crippen LogP contribution in [0.3, 0.4) is 0 Å². The summed E-state index contributed by atoms with van der Waals surface area (Å²) in [6, 6.07) is 11.4. The third-order valence-corrected chi connectivity index (χ3v) is 8.71. The van der Waals surface area contributed by atoms with Crippen molar-refractivity contribution in [3.63, 3.8) is 0 Å². The Kier molecular flexibility index (Phi) is 8.08. The molecule has 2 N–H and O–H groups in total. The number of nitrogens with one attached hydrogen (secondary N) is 2. The highest BCUT2D eigenvalue weighted by molar-refractivity contribution is 7.85. The fourth-order valence-electron chi connectivity index (χ4n) is 5.06. The first-order valence-corrected chi connectivity index (χ1v) is 14.6. The van der Waals surface area contributed by atoms with Gasteiger partial charge in [0, 0.05) is 43.3 Å². The Morgan fingerprint density at radius 3 is 2.62 bits per heavy atom. The minimum atomic E-state index is -1.60. The predicted octanol–water partition coefficient (Wildman–Crippen LogP) is 2.78. The summed E-state index contributed by atoms with van der Waals surface area (Å²) in [6.07, 6.45) is 3.28. The van der Waals surface area contributed by atoms with Crippen molar-refractivity contribution in [2.24, 2.45) is 0 Å². The van der Waals surface area contributed by atoms with Crippen molar-refractivity contribution in [3.05, 3.63) is 57.9 Å². The lowest BCUT2D eigenvalue weighted by molar-refractivity contribution is -0.122. The molecule has 0 bridgehead atoms. The zero-order chi connectivity index (χ0) is 27.5. The molecular weight excluding hydrogens is 514 g/mol. The molecule has 1 fully saturated rings. The number of hydrogen-bond donors (Lipinski definition) is 2. The van der Waals surface area contributed by atoms with E-state index < -0.39 is 10.8 Å². The summed E-state index contributed by atoms with van der Waals surface area (Å²) in [5.74, 6) is 0.0767. The van der Waals surface area contributed by atoms with Gasteiger partial charge in [-0.15, -0.1) is 5.10 Å². The van der Waals surface area contributed by atoms with Crippen molar-refractivity contribution in [3.8, 4) is 0 Å². The van der Waals surface area contributed by atoms with Gasteiger partial charge in [0.05, 0.1) is 17.4 Å². The summed E-state index contributed by atoms with van der Waals surface area (Å²) in [5, 5.41) is 10.9. The van der Waals surface area contributed by atoms with Gasteiger partial charge in [-0.1, -0.05) is 37.5 Å². The van der Waals surface area contributed by atoms with E-state index >= 15 is 0 Å². The maximum atomic E-state index is 13.4. The van der Waals surface area contributed by atoms with Crippen LogP contribution in [0.2, 0.25) is 0 Å². The number of carbonyl (C=O) groups excluding carboxylic acids is 1. The van der Waals surface area contributed by atoms with E-state index in [1.165, 1.54) is 0 Å². The van der Waals surface area contributed by atoms with Crippen LogP contribution in [0, 0.1) is 13.8 Å². The van der Waals surface area contributed by atoms with E-state index in [-0.39, 0.29) is 22.1 Å². The molecule has 0 saturated carbocycles. The Morgan fingerprint density at radius 1 is 1.08 bits per heavy atom. The van der Waals surface area contributed by atoms with E-state index in [4.69, 9.17) is 0 Å². The van der Waals surface area contributed by atoms with Crippen molar-refractivity contribution in [2.75, 3.05) is 44.2 Å². The van der Waals surface area contributed by atoms with Gasteiger partial charge in [0.1, 0.15) is 10.8 Å². The second-order valence-corrected chi connectivity index (χ2v) is 11.5. The summed E-state index contributed by atoms with van der Waals surface area (Å²) >= 11 is 0. The van der Waals surface area contributed by atoms with E-state index in [2.05, 4.69) is 37.3 Å². The molecule has 1 amide bonds. The highest BCUT2D eigenvalue weighted by atomic mass is 32.2. The van der Waals surface area contributed by atoms with Crippen LogP contribution in [-0.2, 0) is 15.6 Å². The van der Waals surface area contributed by atoms with Gasteiger partial charge in [0.25, 0.3) is 5.56 Å². The van der Waals surface area contributed by atoms with Gasteiger partial charge in [-0.05, 0) is 50.1 Å². The van der Waals surface area contributed by atoms with Crippen LogP contribution in [0.25, 0.3) is 16.6 Å². The number of aryl methyl sites for hydroxylation is 2. The zero-order valence-corrected chi connectivity index (χ0v) is 23.5. The lowest BCUT2D eigenvalue weighted by atomic mass is 10.2. The van der Waals surface area contributed by atoms with Crippen molar-refractivity contribution in [1.29, 1.82) is 0 Å². The number of unbranched alkanes of at least 4 members (excludes halogenated alkanes) is 2. The second kappa shape index (κ2) is 11.7. The molecule has 11 heteroatoms. The molecule has 0 radical (unpaired) electrons. The van der Waals surface area contributed by atoms with Crippen molar-refractivity contribution >= 4 is 38.9 Å². The topological polar surface area (TPSA) is 116 Å². The largest absolute Gasteiger partial charge is 0.369 e. The Morgan fingerprint density at radius 2 is 1.87 bits per heavy atom. The van der Waals surface area contributed by atoms with Crippen LogP contribution < -0.4 is 15.8 Å².